The van der Waals surface area contributed by atoms with E-state index in [1.807, 2.05) is 48.6 Å². The van der Waals surface area contributed by atoms with Crippen LogP contribution in [0.1, 0.15) is 5.82 Å². The lowest BCUT2D eigenvalue weighted by molar-refractivity contribution is 0.307. The topological polar surface area (TPSA) is 66.0 Å². The lowest BCUT2D eigenvalue weighted by atomic mass is 10.3. The van der Waals surface area contributed by atoms with Crippen LogP contribution < -0.4 is 5.73 Å². The lowest BCUT2D eigenvalue weighted by Crippen LogP contribution is -2.02. The minimum Gasteiger partial charge on any atom is -0.497 e. The first-order valence-corrected chi connectivity index (χ1v) is 6.54. The standard InChI is InChI=1S/C16H18N4O/c1-3-14(21-2)11-7-8-12-15-18-16(17)19-20(15)13-9-5-4-6-10-13/h3-11H,1,12H2,2H3,(H2,17,19)/b8-7+,14-11+. The molecule has 1 aromatic heterocycles. The summed E-state index contributed by atoms with van der Waals surface area (Å²) in [4.78, 5) is 4.25. The summed E-state index contributed by atoms with van der Waals surface area (Å²) in [6.07, 6.45) is 7.95. The molecule has 0 aliphatic carbocycles. The van der Waals surface area contributed by atoms with E-state index in [0.29, 0.717) is 12.2 Å². The molecule has 0 saturated carbocycles. The molecule has 0 aliphatic heterocycles. The van der Waals surface area contributed by atoms with Crippen LogP contribution in [0.4, 0.5) is 5.95 Å². The van der Waals surface area contributed by atoms with Gasteiger partial charge in [0.1, 0.15) is 11.6 Å². The molecule has 1 aromatic carbocycles. The number of nitrogens with two attached hydrogens (primary N) is 1. The molecular weight excluding hydrogens is 264 g/mol. The maximum absolute atomic E-state index is 5.70. The van der Waals surface area contributed by atoms with Crippen molar-refractivity contribution < 1.29 is 4.74 Å². The number of aromatic nitrogens is 3. The van der Waals surface area contributed by atoms with Crippen molar-refractivity contribution in [1.82, 2.24) is 14.8 Å². The van der Waals surface area contributed by atoms with Gasteiger partial charge in [0.2, 0.25) is 5.95 Å². The molecule has 108 valence electrons. The number of ether oxygens (including phenoxy) is 1. The Balaban J connectivity index is 2.16. The first-order chi connectivity index (χ1) is 10.2. The summed E-state index contributed by atoms with van der Waals surface area (Å²) in [5.41, 5.74) is 6.63. The third kappa shape index (κ3) is 3.82. The molecule has 0 bridgehead atoms. The summed E-state index contributed by atoms with van der Waals surface area (Å²) in [5, 5.41) is 4.22. The average molecular weight is 282 g/mol. The summed E-state index contributed by atoms with van der Waals surface area (Å²) in [7, 11) is 1.61. The molecule has 1 heterocycles. The number of para-hydroxylation sites is 1. The fourth-order valence-electron chi connectivity index (χ4n) is 1.83. The van der Waals surface area contributed by atoms with Crippen molar-refractivity contribution in [1.29, 1.82) is 0 Å². The summed E-state index contributed by atoms with van der Waals surface area (Å²) in [6, 6.07) is 9.77. The van der Waals surface area contributed by atoms with Crippen LogP contribution >= 0.6 is 0 Å². The van der Waals surface area contributed by atoms with E-state index < -0.39 is 0 Å². The Morgan fingerprint density at radius 1 is 1.38 bits per heavy atom. The Morgan fingerprint density at radius 2 is 2.14 bits per heavy atom. The molecule has 2 N–H and O–H groups in total. The van der Waals surface area contributed by atoms with Crippen LogP contribution in [0.5, 0.6) is 0 Å². The molecule has 5 heteroatoms. The quantitative estimate of drug-likeness (QED) is 0.653. The van der Waals surface area contributed by atoms with Crippen molar-refractivity contribution in [3.8, 4) is 5.69 Å². The highest BCUT2D eigenvalue weighted by atomic mass is 16.5. The summed E-state index contributed by atoms with van der Waals surface area (Å²) < 4.78 is 6.83. The number of hydrogen-bond acceptors (Lipinski definition) is 4. The van der Waals surface area contributed by atoms with Crippen LogP contribution in [-0.2, 0) is 11.2 Å². The van der Waals surface area contributed by atoms with Crippen LogP contribution in [0.3, 0.4) is 0 Å². The zero-order valence-corrected chi connectivity index (χ0v) is 11.9. The summed E-state index contributed by atoms with van der Waals surface area (Å²) in [5.74, 6) is 1.75. The van der Waals surface area contributed by atoms with E-state index in [1.54, 1.807) is 17.9 Å². The van der Waals surface area contributed by atoms with Crippen LogP contribution in [-0.4, -0.2) is 21.9 Å². The maximum Gasteiger partial charge on any atom is 0.240 e. The van der Waals surface area contributed by atoms with Crippen LogP contribution in [0.25, 0.3) is 5.69 Å². The zero-order chi connectivity index (χ0) is 15.1. The van der Waals surface area contributed by atoms with E-state index in [2.05, 4.69) is 16.7 Å². The van der Waals surface area contributed by atoms with Crippen molar-refractivity contribution in [3.05, 3.63) is 72.8 Å². The van der Waals surface area contributed by atoms with Crippen molar-refractivity contribution in [2.75, 3.05) is 12.8 Å². The number of benzene rings is 1. The smallest absolute Gasteiger partial charge is 0.240 e. The summed E-state index contributed by atoms with van der Waals surface area (Å²) >= 11 is 0. The second-order valence-corrected chi connectivity index (χ2v) is 4.24. The van der Waals surface area contributed by atoms with E-state index >= 15 is 0 Å². The first kappa shape index (κ1) is 14.6. The molecule has 5 nitrogen and oxygen atoms in total. The number of hydrogen-bond donors (Lipinski definition) is 1. The molecule has 0 spiro atoms. The van der Waals surface area contributed by atoms with Gasteiger partial charge in [-0.1, -0.05) is 36.9 Å². The van der Waals surface area contributed by atoms with Crippen molar-refractivity contribution >= 4 is 5.95 Å². The van der Waals surface area contributed by atoms with Crippen LogP contribution in [0.2, 0.25) is 0 Å². The molecule has 0 atom stereocenters. The van der Waals surface area contributed by atoms with E-state index in [0.717, 1.165) is 11.5 Å². The van der Waals surface area contributed by atoms with Gasteiger partial charge in [-0.2, -0.15) is 4.98 Å². The van der Waals surface area contributed by atoms with Gasteiger partial charge >= 0.3 is 0 Å². The fraction of sp³-hybridized carbons (Fsp3) is 0.125. The SMILES string of the molecule is C=C/C(=C\C=C\Cc1nc(N)nn1-c1ccccc1)OC. The van der Waals surface area contributed by atoms with Crippen LogP contribution in [0.15, 0.2) is 67.0 Å². The predicted molar refractivity (Wildman–Crippen MR) is 83.9 cm³/mol. The highest BCUT2D eigenvalue weighted by molar-refractivity contribution is 5.33. The molecular formula is C16H18N4O. The Bertz CT molecular complexity index is 656. The van der Waals surface area contributed by atoms with Gasteiger partial charge in [-0.05, 0) is 24.3 Å². The van der Waals surface area contributed by atoms with Crippen molar-refractivity contribution in [3.63, 3.8) is 0 Å². The minimum absolute atomic E-state index is 0.265. The fourth-order valence-corrected chi connectivity index (χ4v) is 1.83. The molecule has 0 amide bonds. The number of methoxy groups -OCH3 is 1. The van der Waals surface area contributed by atoms with Gasteiger partial charge in [0.05, 0.1) is 12.8 Å². The van der Waals surface area contributed by atoms with Crippen molar-refractivity contribution in [2.24, 2.45) is 0 Å². The average Bonchev–Trinajstić information content (AvgIpc) is 2.89. The number of rotatable bonds is 6. The highest BCUT2D eigenvalue weighted by Gasteiger charge is 2.07. The largest absolute Gasteiger partial charge is 0.497 e. The zero-order valence-electron chi connectivity index (χ0n) is 11.9. The Morgan fingerprint density at radius 3 is 2.81 bits per heavy atom. The van der Waals surface area contributed by atoms with E-state index in [9.17, 15) is 0 Å². The third-order valence-corrected chi connectivity index (χ3v) is 2.83. The van der Waals surface area contributed by atoms with Gasteiger partial charge in [-0.3, -0.25) is 0 Å². The van der Waals surface area contributed by atoms with E-state index in [4.69, 9.17) is 10.5 Å². The minimum atomic E-state index is 0.265. The summed E-state index contributed by atoms with van der Waals surface area (Å²) in [6.45, 7) is 3.66. The number of nitrogens with zero attached hydrogens (tertiary/aromatic N) is 3. The lowest BCUT2D eigenvalue weighted by Gasteiger charge is -2.03. The monoisotopic (exact) mass is 282 g/mol. The number of anilines is 1. The highest BCUT2D eigenvalue weighted by Crippen LogP contribution is 2.11. The second-order valence-electron chi connectivity index (χ2n) is 4.24. The third-order valence-electron chi connectivity index (χ3n) is 2.83. The molecule has 0 unspecified atom stereocenters. The van der Waals surface area contributed by atoms with Gasteiger partial charge in [-0.15, -0.1) is 5.10 Å². The molecule has 2 aromatic rings. The van der Waals surface area contributed by atoms with Crippen molar-refractivity contribution in [2.45, 2.75) is 6.42 Å². The van der Waals surface area contributed by atoms with Crippen LogP contribution in [0, 0.1) is 0 Å². The normalized spacial score (nSPS) is 11.8. The van der Waals surface area contributed by atoms with Gasteiger partial charge in [0.25, 0.3) is 0 Å². The van der Waals surface area contributed by atoms with E-state index in [1.165, 1.54) is 0 Å². The molecule has 0 aliphatic rings. The second kappa shape index (κ2) is 7.09. The molecule has 0 radical (unpaired) electrons. The molecule has 0 saturated heterocycles. The van der Waals surface area contributed by atoms with E-state index in [-0.39, 0.29) is 5.95 Å². The molecule has 21 heavy (non-hydrogen) atoms. The Labute approximate surface area is 124 Å². The molecule has 0 fully saturated rings. The predicted octanol–water partition coefficient (Wildman–Crippen LogP) is 2.66. The number of nitrogen functional groups attached to an aromatic ring is 1. The Kier molecular flexibility index (Phi) is 4.93. The van der Waals surface area contributed by atoms with Gasteiger partial charge in [0, 0.05) is 6.42 Å². The van der Waals surface area contributed by atoms with Gasteiger partial charge in [-0.25, -0.2) is 4.68 Å². The first-order valence-electron chi connectivity index (χ1n) is 6.54. The maximum atomic E-state index is 5.70. The molecule has 2 rings (SSSR count). The Hall–Kier alpha value is -2.82. The number of allylic oxidation sites excluding steroid dienone is 4. The van der Waals surface area contributed by atoms with Gasteiger partial charge < -0.3 is 10.5 Å². The van der Waals surface area contributed by atoms with Gasteiger partial charge in [0.15, 0.2) is 0 Å².